The van der Waals surface area contributed by atoms with Gasteiger partial charge in [0.15, 0.2) is 0 Å². The van der Waals surface area contributed by atoms with Gasteiger partial charge in [0.1, 0.15) is 0 Å². The van der Waals surface area contributed by atoms with E-state index in [0.717, 1.165) is 68.1 Å². The maximum absolute atomic E-state index is 13.8. The molecule has 1 saturated carbocycles. The van der Waals surface area contributed by atoms with E-state index in [0.29, 0.717) is 11.4 Å². The number of nitrogens with one attached hydrogen (secondary N) is 1. The molecule has 1 fully saturated rings. The van der Waals surface area contributed by atoms with Crippen LogP contribution in [0.5, 0.6) is 0 Å². The number of sulfonamides is 1. The van der Waals surface area contributed by atoms with E-state index in [1.807, 2.05) is 32.9 Å². The number of hydrogen-bond acceptors (Lipinski definition) is 3. The fourth-order valence-corrected chi connectivity index (χ4v) is 7.22. The van der Waals surface area contributed by atoms with E-state index in [2.05, 4.69) is 11.4 Å². The summed E-state index contributed by atoms with van der Waals surface area (Å²) in [4.78, 5) is 13.2. The van der Waals surface area contributed by atoms with Gasteiger partial charge in [-0.05, 0) is 76.8 Å². The monoisotopic (exact) mass is 446 g/mol. The molecule has 0 aromatic heterocycles. The van der Waals surface area contributed by atoms with E-state index < -0.39 is 10.0 Å². The average molecular weight is 447 g/mol. The van der Waals surface area contributed by atoms with Gasteiger partial charge in [0.2, 0.25) is 15.9 Å². The topological polar surface area (TPSA) is 66.5 Å². The van der Waals surface area contributed by atoms with Crippen LogP contribution in [0.15, 0.2) is 28.7 Å². The van der Waals surface area contributed by atoms with Gasteiger partial charge in [-0.2, -0.15) is 4.31 Å². The molecule has 1 aromatic carbocycles. The summed E-state index contributed by atoms with van der Waals surface area (Å²) in [6.45, 7) is 6.16. The molecule has 31 heavy (non-hydrogen) atoms. The highest BCUT2D eigenvalue weighted by Crippen LogP contribution is 2.31. The van der Waals surface area contributed by atoms with Gasteiger partial charge in [0.25, 0.3) is 0 Å². The number of amides is 1. The van der Waals surface area contributed by atoms with E-state index in [1.54, 1.807) is 0 Å². The van der Waals surface area contributed by atoms with Crippen molar-refractivity contribution in [1.82, 2.24) is 9.62 Å². The summed E-state index contributed by atoms with van der Waals surface area (Å²) in [5, 5.41) is 2.98. The summed E-state index contributed by atoms with van der Waals surface area (Å²) < 4.78 is 29.0. The number of aryl methyl sites for hydroxylation is 3. The lowest BCUT2D eigenvalue weighted by atomic mass is 9.95. The molecule has 0 atom stereocenters. The zero-order chi connectivity index (χ0) is 22.4. The van der Waals surface area contributed by atoms with Crippen molar-refractivity contribution in [2.75, 3.05) is 13.1 Å². The summed E-state index contributed by atoms with van der Waals surface area (Å²) in [6, 6.07) is 3.72. The van der Waals surface area contributed by atoms with Crippen LogP contribution in [0.2, 0.25) is 0 Å². The molecular formula is C25H38N2O3S. The standard InChI is InChI=1S/C25H38N2O3S/c1-19-16-20(2)25(21(3)17-19)31(29,30)27(23-12-8-5-9-13-23)18-24(28)26-15-14-22-10-6-4-7-11-22/h10,16-17,23H,4-9,11-15,18H2,1-3H3,(H,26,28). The Balaban J connectivity index is 1.76. The Kier molecular flexibility index (Phi) is 8.34. The molecule has 1 aromatic rings. The maximum Gasteiger partial charge on any atom is 0.244 e. The number of hydrogen-bond donors (Lipinski definition) is 1. The highest BCUT2D eigenvalue weighted by Gasteiger charge is 2.35. The lowest BCUT2D eigenvalue weighted by Crippen LogP contribution is -2.47. The van der Waals surface area contributed by atoms with Gasteiger partial charge in [-0.15, -0.1) is 0 Å². The molecule has 172 valence electrons. The second kappa shape index (κ2) is 10.8. The molecule has 0 spiro atoms. The molecule has 0 saturated heterocycles. The summed E-state index contributed by atoms with van der Waals surface area (Å²) >= 11 is 0. The Morgan fingerprint density at radius 1 is 1.03 bits per heavy atom. The minimum Gasteiger partial charge on any atom is -0.355 e. The van der Waals surface area contributed by atoms with Crippen LogP contribution >= 0.6 is 0 Å². The first-order valence-corrected chi connectivity index (χ1v) is 13.3. The van der Waals surface area contributed by atoms with Crippen molar-refractivity contribution in [3.8, 4) is 0 Å². The Morgan fingerprint density at radius 2 is 1.71 bits per heavy atom. The summed E-state index contributed by atoms with van der Waals surface area (Å²) in [5.74, 6) is -0.201. The minimum absolute atomic E-state index is 0.0984. The molecule has 3 rings (SSSR count). The van der Waals surface area contributed by atoms with Crippen molar-refractivity contribution in [2.45, 2.75) is 95.9 Å². The first kappa shape index (κ1) is 24.0. The second-order valence-electron chi connectivity index (χ2n) is 9.28. The number of rotatable bonds is 8. The molecule has 5 nitrogen and oxygen atoms in total. The highest BCUT2D eigenvalue weighted by atomic mass is 32.2. The smallest absolute Gasteiger partial charge is 0.244 e. The third-order valence-corrected chi connectivity index (χ3v) is 8.81. The van der Waals surface area contributed by atoms with Gasteiger partial charge in [0, 0.05) is 12.6 Å². The quantitative estimate of drug-likeness (QED) is 0.575. The Bertz CT molecular complexity index is 892. The zero-order valence-electron chi connectivity index (χ0n) is 19.4. The summed E-state index contributed by atoms with van der Waals surface area (Å²) in [5.41, 5.74) is 3.97. The largest absolute Gasteiger partial charge is 0.355 e. The number of benzene rings is 1. The fourth-order valence-electron chi connectivity index (χ4n) is 5.16. The summed E-state index contributed by atoms with van der Waals surface area (Å²) in [7, 11) is -3.76. The predicted molar refractivity (Wildman–Crippen MR) is 126 cm³/mol. The van der Waals surface area contributed by atoms with Crippen molar-refractivity contribution in [3.05, 3.63) is 40.5 Å². The normalized spacial score (nSPS) is 18.1. The van der Waals surface area contributed by atoms with Crippen molar-refractivity contribution < 1.29 is 13.2 Å². The molecule has 6 heteroatoms. The van der Waals surface area contributed by atoms with Crippen molar-refractivity contribution >= 4 is 15.9 Å². The SMILES string of the molecule is Cc1cc(C)c(S(=O)(=O)N(CC(=O)NCCC2=CCCCC2)C2CCCCC2)c(C)c1. The van der Waals surface area contributed by atoms with E-state index in [-0.39, 0.29) is 18.5 Å². The molecule has 1 N–H and O–H groups in total. The first-order valence-electron chi connectivity index (χ1n) is 11.8. The van der Waals surface area contributed by atoms with Crippen LogP contribution in [-0.4, -0.2) is 37.8 Å². The predicted octanol–water partition coefficient (Wildman–Crippen LogP) is 4.94. The average Bonchev–Trinajstić information content (AvgIpc) is 2.72. The van der Waals surface area contributed by atoms with Crippen LogP contribution in [0.1, 0.15) is 80.9 Å². The molecule has 0 bridgehead atoms. The minimum atomic E-state index is -3.76. The van der Waals surface area contributed by atoms with Gasteiger partial charge in [-0.25, -0.2) is 8.42 Å². The number of nitrogens with zero attached hydrogens (tertiary/aromatic N) is 1. The van der Waals surface area contributed by atoms with Gasteiger partial charge < -0.3 is 5.32 Å². The molecule has 2 aliphatic carbocycles. The van der Waals surface area contributed by atoms with Gasteiger partial charge in [-0.3, -0.25) is 4.79 Å². The van der Waals surface area contributed by atoms with Crippen LogP contribution in [0.3, 0.4) is 0 Å². The molecule has 0 unspecified atom stereocenters. The van der Waals surface area contributed by atoms with Crippen molar-refractivity contribution in [3.63, 3.8) is 0 Å². The number of carbonyl (C=O) groups excluding carboxylic acids is 1. The lowest BCUT2D eigenvalue weighted by molar-refractivity contribution is -0.121. The van der Waals surface area contributed by atoms with Gasteiger partial charge in [0.05, 0.1) is 11.4 Å². The number of carbonyl (C=O) groups is 1. The summed E-state index contributed by atoms with van der Waals surface area (Å²) in [6.07, 6.45) is 12.7. The Hall–Kier alpha value is -1.66. The van der Waals surface area contributed by atoms with E-state index in [4.69, 9.17) is 0 Å². The van der Waals surface area contributed by atoms with Crippen LogP contribution in [0.25, 0.3) is 0 Å². The first-order chi connectivity index (χ1) is 14.8. The van der Waals surface area contributed by atoms with Crippen molar-refractivity contribution in [1.29, 1.82) is 0 Å². The molecule has 2 aliphatic rings. The molecule has 0 heterocycles. The van der Waals surface area contributed by atoms with Crippen LogP contribution in [-0.2, 0) is 14.8 Å². The molecular weight excluding hydrogens is 408 g/mol. The van der Waals surface area contributed by atoms with Crippen LogP contribution < -0.4 is 5.32 Å². The third kappa shape index (κ3) is 6.19. The molecule has 0 aliphatic heterocycles. The van der Waals surface area contributed by atoms with E-state index >= 15 is 0 Å². The second-order valence-corrected chi connectivity index (χ2v) is 11.1. The van der Waals surface area contributed by atoms with Gasteiger partial charge in [-0.1, -0.05) is 48.6 Å². The van der Waals surface area contributed by atoms with Crippen LogP contribution in [0, 0.1) is 20.8 Å². The third-order valence-electron chi connectivity index (χ3n) is 6.61. The Morgan fingerprint density at radius 3 is 2.32 bits per heavy atom. The molecule has 1 amide bonds. The van der Waals surface area contributed by atoms with Crippen molar-refractivity contribution in [2.24, 2.45) is 0 Å². The van der Waals surface area contributed by atoms with Gasteiger partial charge >= 0.3 is 0 Å². The van der Waals surface area contributed by atoms with E-state index in [1.165, 1.54) is 22.7 Å². The Labute approximate surface area is 188 Å². The van der Waals surface area contributed by atoms with E-state index in [9.17, 15) is 13.2 Å². The highest BCUT2D eigenvalue weighted by molar-refractivity contribution is 7.89. The lowest BCUT2D eigenvalue weighted by Gasteiger charge is -2.33. The zero-order valence-corrected chi connectivity index (χ0v) is 20.2. The fraction of sp³-hybridized carbons (Fsp3) is 0.640. The van der Waals surface area contributed by atoms with Crippen LogP contribution in [0.4, 0.5) is 0 Å². The maximum atomic E-state index is 13.8. The number of allylic oxidation sites excluding steroid dienone is 1. The molecule has 0 radical (unpaired) electrons.